The van der Waals surface area contributed by atoms with E-state index in [-0.39, 0.29) is 0 Å². The van der Waals surface area contributed by atoms with Gasteiger partial charge in [-0.1, -0.05) is 37.3 Å². The van der Waals surface area contributed by atoms with Gasteiger partial charge in [0.25, 0.3) is 0 Å². The van der Waals surface area contributed by atoms with Gasteiger partial charge in [-0.25, -0.2) is 4.79 Å². The number of methoxy groups -OCH3 is 1. The molecule has 0 unspecified atom stereocenters. The lowest BCUT2D eigenvalue weighted by molar-refractivity contribution is 0.0601. The van der Waals surface area contributed by atoms with Crippen molar-refractivity contribution in [3.05, 3.63) is 28.8 Å². The molecule has 120 valence electrons. The van der Waals surface area contributed by atoms with E-state index in [1.807, 2.05) is 0 Å². The summed E-state index contributed by atoms with van der Waals surface area (Å²) in [5.74, 6) is -0.401. The Morgan fingerprint density at radius 3 is 2.59 bits per heavy atom. The van der Waals surface area contributed by atoms with Gasteiger partial charge in [0.2, 0.25) is 0 Å². The van der Waals surface area contributed by atoms with Crippen molar-refractivity contribution >= 4 is 40.6 Å². The van der Waals surface area contributed by atoms with Gasteiger partial charge < -0.3 is 15.4 Å². The summed E-state index contributed by atoms with van der Waals surface area (Å²) in [4.78, 5) is 11.6. The number of hydrogen-bond acceptors (Lipinski definition) is 3. The first-order valence-corrected chi connectivity index (χ1v) is 8.34. The highest BCUT2D eigenvalue weighted by molar-refractivity contribution is 7.80. The number of thiocarbonyl (C=S) groups is 1. The van der Waals surface area contributed by atoms with Crippen LogP contribution in [0, 0.1) is 0 Å². The Morgan fingerprint density at radius 1 is 1.27 bits per heavy atom. The number of benzene rings is 1. The Hall–Kier alpha value is -1.33. The van der Waals surface area contributed by atoms with Crippen LogP contribution in [0.25, 0.3) is 0 Å². The molecular weight excluding hydrogens is 320 g/mol. The number of ether oxygens (including phenoxy) is 1. The van der Waals surface area contributed by atoms with Crippen LogP contribution in [-0.2, 0) is 4.74 Å². The van der Waals surface area contributed by atoms with E-state index in [4.69, 9.17) is 28.6 Å². The maximum absolute atomic E-state index is 11.6. The second-order valence-corrected chi connectivity index (χ2v) is 6.29. The third-order valence-electron chi connectivity index (χ3n) is 3.83. The quantitative estimate of drug-likeness (QED) is 0.492. The van der Waals surface area contributed by atoms with Crippen molar-refractivity contribution in [1.29, 1.82) is 0 Å². The van der Waals surface area contributed by atoms with E-state index < -0.39 is 5.97 Å². The third kappa shape index (κ3) is 4.85. The van der Waals surface area contributed by atoms with E-state index in [0.29, 0.717) is 27.4 Å². The second-order valence-electron chi connectivity index (χ2n) is 5.47. The van der Waals surface area contributed by atoms with Gasteiger partial charge in [-0.05, 0) is 43.3 Å². The fraction of sp³-hybridized carbons (Fsp3) is 0.500. The van der Waals surface area contributed by atoms with Gasteiger partial charge in [0.15, 0.2) is 5.11 Å². The number of halogens is 1. The van der Waals surface area contributed by atoms with Gasteiger partial charge in [0.05, 0.1) is 23.4 Å². The first-order valence-electron chi connectivity index (χ1n) is 7.55. The zero-order valence-electron chi connectivity index (χ0n) is 12.7. The summed E-state index contributed by atoms with van der Waals surface area (Å²) in [7, 11) is 1.35. The molecule has 1 saturated carbocycles. The highest BCUT2D eigenvalue weighted by atomic mass is 35.5. The van der Waals surface area contributed by atoms with E-state index in [1.54, 1.807) is 18.2 Å². The Kier molecular flexibility index (Phi) is 6.46. The number of carbonyl (C=O) groups is 1. The minimum Gasteiger partial charge on any atom is -0.465 e. The fourth-order valence-corrected chi connectivity index (χ4v) is 3.07. The van der Waals surface area contributed by atoms with Crippen molar-refractivity contribution in [2.45, 2.75) is 44.6 Å². The monoisotopic (exact) mass is 340 g/mol. The van der Waals surface area contributed by atoms with E-state index in [9.17, 15) is 4.79 Å². The molecule has 0 radical (unpaired) electrons. The second kappa shape index (κ2) is 8.34. The van der Waals surface area contributed by atoms with Crippen molar-refractivity contribution in [3.63, 3.8) is 0 Å². The molecule has 4 nitrogen and oxygen atoms in total. The fourth-order valence-electron chi connectivity index (χ4n) is 2.63. The lowest BCUT2D eigenvalue weighted by Gasteiger charge is -2.19. The predicted molar refractivity (Wildman–Crippen MR) is 93.6 cm³/mol. The molecule has 0 heterocycles. The number of hydrogen-bond donors (Lipinski definition) is 2. The van der Waals surface area contributed by atoms with Crippen LogP contribution in [0.15, 0.2) is 18.2 Å². The van der Waals surface area contributed by atoms with Crippen LogP contribution in [0.4, 0.5) is 5.69 Å². The summed E-state index contributed by atoms with van der Waals surface area (Å²) in [6.45, 7) is 0. The zero-order chi connectivity index (χ0) is 15.9. The largest absolute Gasteiger partial charge is 0.465 e. The van der Waals surface area contributed by atoms with E-state index >= 15 is 0 Å². The molecule has 2 rings (SSSR count). The summed E-state index contributed by atoms with van der Waals surface area (Å²) < 4.78 is 4.71. The molecule has 1 aromatic rings. The Morgan fingerprint density at radius 2 is 1.95 bits per heavy atom. The zero-order valence-corrected chi connectivity index (χ0v) is 14.2. The van der Waals surface area contributed by atoms with Gasteiger partial charge in [-0.2, -0.15) is 0 Å². The molecule has 0 amide bonds. The smallest absolute Gasteiger partial charge is 0.337 e. The van der Waals surface area contributed by atoms with Gasteiger partial charge in [0, 0.05) is 6.04 Å². The van der Waals surface area contributed by atoms with Crippen LogP contribution in [0.5, 0.6) is 0 Å². The molecule has 0 aromatic heterocycles. The highest BCUT2D eigenvalue weighted by Crippen LogP contribution is 2.24. The summed E-state index contributed by atoms with van der Waals surface area (Å²) >= 11 is 11.5. The molecule has 0 spiro atoms. The summed E-state index contributed by atoms with van der Waals surface area (Å²) in [5, 5.41) is 7.47. The molecule has 0 saturated heterocycles. The van der Waals surface area contributed by atoms with Crippen LogP contribution < -0.4 is 10.6 Å². The number of rotatable bonds is 3. The molecule has 1 aromatic carbocycles. The number of esters is 1. The average molecular weight is 341 g/mol. The number of anilines is 1. The summed E-state index contributed by atoms with van der Waals surface area (Å²) in [6.07, 6.45) is 7.34. The highest BCUT2D eigenvalue weighted by Gasteiger charge is 2.14. The van der Waals surface area contributed by atoms with Crippen LogP contribution in [0.2, 0.25) is 5.02 Å². The molecule has 1 aliphatic rings. The molecule has 1 fully saturated rings. The minimum atomic E-state index is -0.401. The molecule has 0 bridgehead atoms. The first kappa shape index (κ1) is 17.0. The molecule has 6 heteroatoms. The third-order valence-corrected chi connectivity index (χ3v) is 4.38. The lowest BCUT2D eigenvalue weighted by Crippen LogP contribution is -2.37. The van der Waals surface area contributed by atoms with Gasteiger partial charge in [-0.3, -0.25) is 0 Å². The number of nitrogens with one attached hydrogen (secondary N) is 2. The molecule has 2 N–H and O–H groups in total. The number of carbonyl (C=O) groups excluding carboxylic acids is 1. The molecular formula is C16H21ClN2O2S. The van der Waals surface area contributed by atoms with Gasteiger partial charge in [0.1, 0.15) is 0 Å². The normalized spacial score (nSPS) is 15.7. The molecule has 0 aliphatic heterocycles. The van der Waals surface area contributed by atoms with Crippen molar-refractivity contribution in [2.75, 3.05) is 12.4 Å². The van der Waals surface area contributed by atoms with Crippen LogP contribution in [0.3, 0.4) is 0 Å². The maximum Gasteiger partial charge on any atom is 0.337 e. The van der Waals surface area contributed by atoms with E-state index in [1.165, 1.54) is 32.8 Å². The van der Waals surface area contributed by atoms with Crippen LogP contribution in [0.1, 0.15) is 48.9 Å². The molecule has 22 heavy (non-hydrogen) atoms. The van der Waals surface area contributed by atoms with Gasteiger partial charge >= 0.3 is 5.97 Å². The predicted octanol–water partition coefficient (Wildman–Crippen LogP) is 4.14. The van der Waals surface area contributed by atoms with Crippen LogP contribution >= 0.6 is 23.8 Å². The molecule has 0 atom stereocenters. The average Bonchev–Trinajstić information content (AvgIpc) is 2.77. The summed E-state index contributed by atoms with van der Waals surface area (Å²) in [6, 6.07) is 5.34. The van der Waals surface area contributed by atoms with Crippen molar-refractivity contribution in [3.8, 4) is 0 Å². The lowest BCUT2D eigenvalue weighted by atomic mass is 10.1. The van der Waals surface area contributed by atoms with Crippen LogP contribution in [-0.4, -0.2) is 24.2 Å². The van der Waals surface area contributed by atoms with Crippen molar-refractivity contribution in [2.24, 2.45) is 0 Å². The topological polar surface area (TPSA) is 50.4 Å². The van der Waals surface area contributed by atoms with Gasteiger partial charge in [-0.15, -0.1) is 0 Å². The molecule has 1 aliphatic carbocycles. The summed E-state index contributed by atoms with van der Waals surface area (Å²) in [5.41, 5.74) is 1.04. The Labute approximate surface area is 141 Å². The first-order chi connectivity index (χ1) is 10.6. The maximum atomic E-state index is 11.6. The Bertz CT molecular complexity index is 543. The SMILES string of the molecule is COC(=O)c1ccc(Cl)c(NC(=S)NC2CCCCCC2)c1. The Balaban J connectivity index is 1.99. The van der Waals surface area contributed by atoms with Crippen molar-refractivity contribution in [1.82, 2.24) is 5.32 Å². The standard InChI is InChI=1S/C16H21ClN2O2S/c1-21-15(20)11-8-9-13(17)14(10-11)19-16(22)18-12-6-4-2-3-5-7-12/h8-10,12H,2-7H2,1H3,(H2,18,19,22). The van der Waals surface area contributed by atoms with E-state index in [2.05, 4.69) is 10.6 Å². The van der Waals surface area contributed by atoms with Crippen molar-refractivity contribution < 1.29 is 9.53 Å². The minimum absolute atomic E-state index is 0.401. The van der Waals surface area contributed by atoms with E-state index in [0.717, 1.165) is 12.8 Å².